The maximum absolute atomic E-state index is 11.8. The van der Waals surface area contributed by atoms with Crippen LogP contribution in [-0.2, 0) is 0 Å². The minimum atomic E-state index is 0.0618. The summed E-state index contributed by atoms with van der Waals surface area (Å²) in [5.74, 6) is 0.633. The molecule has 16 heavy (non-hydrogen) atoms. The number of carbonyl (C=O) groups excluding carboxylic acids is 1. The van der Waals surface area contributed by atoms with Gasteiger partial charge in [0.25, 0.3) is 5.91 Å². The number of rotatable bonds is 6. The molecular formula is C12H18BrNOS. The quantitative estimate of drug-likeness (QED) is 0.799. The second-order valence-corrected chi connectivity index (χ2v) is 5.47. The monoisotopic (exact) mass is 303 g/mol. The SMILES string of the molecule is CCC(CCBr)CNC(=O)c1cscc1C. The Morgan fingerprint density at radius 3 is 2.81 bits per heavy atom. The lowest BCUT2D eigenvalue weighted by molar-refractivity contribution is 0.0946. The topological polar surface area (TPSA) is 29.1 Å². The smallest absolute Gasteiger partial charge is 0.252 e. The molecule has 0 bridgehead atoms. The molecule has 0 aliphatic rings. The molecule has 4 heteroatoms. The molecule has 1 amide bonds. The third kappa shape index (κ3) is 3.91. The second-order valence-electron chi connectivity index (χ2n) is 3.93. The van der Waals surface area contributed by atoms with Gasteiger partial charge in [-0.25, -0.2) is 0 Å². The summed E-state index contributed by atoms with van der Waals surface area (Å²) in [4.78, 5) is 11.8. The molecule has 0 spiro atoms. The van der Waals surface area contributed by atoms with Crippen molar-refractivity contribution in [1.82, 2.24) is 5.32 Å². The molecule has 0 aliphatic heterocycles. The van der Waals surface area contributed by atoms with E-state index in [4.69, 9.17) is 0 Å². The van der Waals surface area contributed by atoms with Gasteiger partial charge in [-0.1, -0.05) is 29.3 Å². The van der Waals surface area contributed by atoms with Crippen LogP contribution in [0.1, 0.15) is 35.7 Å². The molecule has 0 saturated heterocycles. The zero-order valence-electron chi connectivity index (χ0n) is 9.75. The highest BCUT2D eigenvalue weighted by Gasteiger charge is 2.11. The van der Waals surface area contributed by atoms with Crippen molar-refractivity contribution in [3.05, 3.63) is 21.9 Å². The van der Waals surface area contributed by atoms with E-state index in [9.17, 15) is 4.79 Å². The van der Waals surface area contributed by atoms with Gasteiger partial charge in [0.05, 0.1) is 5.56 Å². The number of amides is 1. The summed E-state index contributed by atoms with van der Waals surface area (Å²) in [6.45, 7) is 4.91. The molecule has 2 nitrogen and oxygen atoms in total. The van der Waals surface area contributed by atoms with E-state index in [0.717, 1.165) is 35.8 Å². The Morgan fingerprint density at radius 1 is 1.56 bits per heavy atom. The fraction of sp³-hybridized carbons (Fsp3) is 0.583. The maximum atomic E-state index is 11.8. The van der Waals surface area contributed by atoms with Crippen LogP contribution in [0.15, 0.2) is 10.8 Å². The Labute approximate surface area is 110 Å². The average molecular weight is 304 g/mol. The minimum Gasteiger partial charge on any atom is -0.352 e. The van der Waals surface area contributed by atoms with Crippen molar-refractivity contribution < 1.29 is 4.79 Å². The molecule has 0 saturated carbocycles. The lowest BCUT2D eigenvalue weighted by atomic mass is 10.0. The summed E-state index contributed by atoms with van der Waals surface area (Å²) in [6.07, 6.45) is 2.22. The molecule has 0 aliphatic carbocycles. The number of hydrogen-bond donors (Lipinski definition) is 1. The van der Waals surface area contributed by atoms with Gasteiger partial charge in [-0.15, -0.1) is 0 Å². The average Bonchev–Trinajstić information content (AvgIpc) is 2.70. The third-order valence-corrected chi connectivity index (χ3v) is 4.07. The Morgan fingerprint density at radius 2 is 2.31 bits per heavy atom. The minimum absolute atomic E-state index is 0.0618. The zero-order valence-corrected chi connectivity index (χ0v) is 12.2. The highest BCUT2D eigenvalue weighted by atomic mass is 79.9. The molecule has 1 aromatic heterocycles. The fourth-order valence-electron chi connectivity index (χ4n) is 1.53. The Kier molecular flexibility index (Phi) is 6.06. The van der Waals surface area contributed by atoms with Gasteiger partial charge in [0.15, 0.2) is 0 Å². The molecule has 1 unspecified atom stereocenters. The first kappa shape index (κ1) is 13.7. The number of carbonyl (C=O) groups is 1. The van der Waals surface area contributed by atoms with Gasteiger partial charge in [0, 0.05) is 17.3 Å². The van der Waals surface area contributed by atoms with Crippen molar-refractivity contribution in [3.8, 4) is 0 Å². The van der Waals surface area contributed by atoms with Gasteiger partial charge in [0.1, 0.15) is 0 Å². The van der Waals surface area contributed by atoms with Gasteiger partial charge in [-0.2, -0.15) is 11.3 Å². The van der Waals surface area contributed by atoms with Crippen molar-refractivity contribution in [2.24, 2.45) is 5.92 Å². The highest BCUT2D eigenvalue weighted by Crippen LogP contribution is 2.14. The Bertz CT molecular complexity index is 338. The molecule has 1 aromatic rings. The molecule has 0 radical (unpaired) electrons. The van der Waals surface area contributed by atoms with E-state index < -0.39 is 0 Å². The lowest BCUT2D eigenvalue weighted by Gasteiger charge is -2.14. The number of halogens is 1. The molecule has 0 fully saturated rings. The van der Waals surface area contributed by atoms with E-state index in [-0.39, 0.29) is 5.91 Å². The first-order valence-corrected chi connectivity index (χ1v) is 7.62. The normalized spacial score (nSPS) is 12.4. The largest absolute Gasteiger partial charge is 0.352 e. The Balaban J connectivity index is 2.43. The van der Waals surface area contributed by atoms with E-state index in [0.29, 0.717) is 5.92 Å². The highest BCUT2D eigenvalue weighted by molar-refractivity contribution is 9.09. The van der Waals surface area contributed by atoms with Crippen molar-refractivity contribution in [1.29, 1.82) is 0 Å². The van der Waals surface area contributed by atoms with Crippen molar-refractivity contribution in [2.45, 2.75) is 26.7 Å². The summed E-state index contributed by atoms with van der Waals surface area (Å²) >= 11 is 5.01. The van der Waals surface area contributed by atoms with Gasteiger partial charge in [-0.3, -0.25) is 4.79 Å². The van der Waals surface area contributed by atoms with Crippen molar-refractivity contribution in [2.75, 3.05) is 11.9 Å². The molecule has 1 N–H and O–H groups in total. The standard InChI is InChI=1S/C12H18BrNOS/c1-3-10(4-5-13)6-14-12(15)11-8-16-7-9(11)2/h7-8,10H,3-6H2,1-2H3,(H,14,15). The van der Waals surface area contributed by atoms with Crippen LogP contribution < -0.4 is 5.32 Å². The van der Waals surface area contributed by atoms with E-state index >= 15 is 0 Å². The van der Waals surface area contributed by atoms with Gasteiger partial charge in [0.2, 0.25) is 0 Å². The molecule has 90 valence electrons. The molecule has 1 rings (SSSR count). The summed E-state index contributed by atoms with van der Waals surface area (Å²) in [6, 6.07) is 0. The Hall–Kier alpha value is -0.350. The van der Waals surface area contributed by atoms with Crippen LogP contribution in [0.5, 0.6) is 0 Å². The maximum Gasteiger partial charge on any atom is 0.252 e. The second kappa shape index (κ2) is 7.07. The predicted molar refractivity (Wildman–Crippen MR) is 73.6 cm³/mol. The number of aryl methyl sites for hydroxylation is 1. The van der Waals surface area contributed by atoms with Crippen LogP contribution in [0.25, 0.3) is 0 Å². The van der Waals surface area contributed by atoms with Crippen LogP contribution in [0.4, 0.5) is 0 Å². The van der Waals surface area contributed by atoms with E-state index in [1.54, 1.807) is 11.3 Å². The first-order chi connectivity index (χ1) is 7.69. The molecule has 0 aromatic carbocycles. The number of hydrogen-bond acceptors (Lipinski definition) is 2. The van der Waals surface area contributed by atoms with Crippen LogP contribution in [-0.4, -0.2) is 17.8 Å². The number of thiophene rings is 1. The van der Waals surface area contributed by atoms with E-state index in [1.807, 2.05) is 17.7 Å². The van der Waals surface area contributed by atoms with Crippen LogP contribution in [0.2, 0.25) is 0 Å². The zero-order chi connectivity index (χ0) is 12.0. The molecule has 1 atom stereocenters. The third-order valence-electron chi connectivity index (χ3n) is 2.75. The van der Waals surface area contributed by atoms with Crippen molar-refractivity contribution in [3.63, 3.8) is 0 Å². The summed E-state index contributed by atoms with van der Waals surface area (Å²) < 4.78 is 0. The number of nitrogens with one attached hydrogen (secondary N) is 1. The number of alkyl halides is 1. The first-order valence-electron chi connectivity index (χ1n) is 5.56. The van der Waals surface area contributed by atoms with Gasteiger partial charge in [-0.05, 0) is 30.2 Å². The van der Waals surface area contributed by atoms with Crippen LogP contribution >= 0.6 is 27.3 Å². The van der Waals surface area contributed by atoms with Gasteiger partial charge < -0.3 is 5.32 Å². The summed E-state index contributed by atoms with van der Waals surface area (Å²) in [7, 11) is 0. The lowest BCUT2D eigenvalue weighted by Crippen LogP contribution is -2.29. The summed E-state index contributed by atoms with van der Waals surface area (Å²) in [5.41, 5.74) is 1.88. The summed E-state index contributed by atoms with van der Waals surface area (Å²) in [5, 5.41) is 7.92. The van der Waals surface area contributed by atoms with Crippen LogP contribution in [0.3, 0.4) is 0 Å². The molecular weight excluding hydrogens is 286 g/mol. The van der Waals surface area contributed by atoms with Gasteiger partial charge >= 0.3 is 0 Å². The predicted octanol–water partition coefficient (Wildman–Crippen LogP) is 3.60. The van der Waals surface area contributed by atoms with Crippen molar-refractivity contribution >= 4 is 33.2 Å². The van der Waals surface area contributed by atoms with E-state index in [2.05, 4.69) is 28.2 Å². The van der Waals surface area contributed by atoms with E-state index in [1.165, 1.54) is 0 Å². The van der Waals surface area contributed by atoms with Crippen LogP contribution in [0, 0.1) is 12.8 Å². The molecule has 1 heterocycles. The fourth-order valence-corrected chi connectivity index (χ4v) is 3.01.